The molecule has 6 atom stereocenters. The number of carbonyl (C=O) groups excluding carboxylic acids is 3. The second kappa shape index (κ2) is 8.57. The Morgan fingerprint density at radius 2 is 2.00 bits per heavy atom. The molecule has 1 aliphatic heterocycles. The number of hydrogen-bond donors (Lipinski definition) is 1. The molecule has 1 saturated heterocycles. The molecule has 0 amide bonds. The van der Waals surface area contributed by atoms with Crippen molar-refractivity contribution in [1.29, 1.82) is 0 Å². The molecule has 7 heteroatoms. The molecule has 1 aliphatic carbocycles. The molecule has 2 aliphatic rings. The van der Waals surface area contributed by atoms with Gasteiger partial charge in [0.15, 0.2) is 5.78 Å². The molecule has 28 heavy (non-hydrogen) atoms. The Labute approximate surface area is 165 Å². The van der Waals surface area contributed by atoms with Crippen molar-refractivity contribution in [1.82, 2.24) is 0 Å². The minimum Gasteiger partial charge on any atom is -0.458 e. The maximum Gasteiger partial charge on any atom is 0.334 e. The smallest absolute Gasteiger partial charge is 0.334 e. The number of carbonyl (C=O) groups is 3. The number of esters is 2. The van der Waals surface area contributed by atoms with E-state index >= 15 is 0 Å². The summed E-state index contributed by atoms with van der Waals surface area (Å²) in [5.74, 6) is -2.28. The summed E-state index contributed by atoms with van der Waals surface area (Å²) in [6, 6.07) is 0. The number of ketones is 1. The number of methoxy groups -OCH3 is 1. The highest BCUT2D eigenvalue weighted by molar-refractivity contribution is 5.92. The van der Waals surface area contributed by atoms with E-state index in [9.17, 15) is 19.5 Å². The van der Waals surface area contributed by atoms with Crippen molar-refractivity contribution in [3.63, 3.8) is 0 Å². The number of Topliss-reactive ketones (excluding diaryl/α,β-unsaturated/α-hetero) is 1. The zero-order valence-electron chi connectivity index (χ0n) is 17.2. The van der Waals surface area contributed by atoms with E-state index in [4.69, 9.17) is 14.2 Å². The van der Waals surface area contributed by atoms with E-state index in [0.717, 1.165) is 0 Å². The highest BCUT2D eigenvalue weighted by Gasteiger charge is 2.50. The van der Waals surface area contributed by atoms with E-state index in [1.807, 2.05) is 6.92 Å². The van der Waals surface area contributed by atoms with Crippen LogP contribution < -0.4 is 0 Å². The summed E-state index contributed by atoms with van der Waals surface area (Å²) < 4.78 is 16.6. The van der Waals surface area contributed by atoms with Gasteiger partial charge in [0.25, 0.3) is 0 Å². The Bertz CT molecular complexity index is 691. The predicted octanol–water partition coefficient (Wildman–Crippen LogP) is 2.12. The third-order valence-electron chi connectivity index (χ3n) is 5.86. The van der Waals surface area contributed by atoms with Crippen molar-refractivity contribution in [2.24, 2.45) is 11.8 Å². The topological polar surface area (TPSA) is 99.1 Å². The normalized spacial score (nSPS) is 37.3. The van der Waals surface area contributed by atoms with Crippen molar-refractivity contribution in [2.45, 2.75) is 70.9 Å². The van der Waals surface area contributed by atoms with Gasteiger partial charge in [-0.25, -0.2) is 9.59 Å². The van der Waals surface area contributed by atoms with Crippen LogP contribution >= 0.6 is 0 Å². The van der Waals surface area contributed by atoms with Crippen LogP contribution in [0.1, 0.15) is 47.0 Å². The van der Waals surface area contributed by atoms with Crippen LogP contribution in [0.25, 0.3) is 0 Å². The van der Waals surface area contributed by atoms with Gasteiger partial charge in [-0.05, 0) is 33.1 Å². The van der Waals surface area contributed by atoms with Crippen LogP contribution in [0.3, 0.4) is 0 Å². The fourth-order valence-corrected chi connectivity index (χ4v) is 3.84. The molecule has 1 N–H and O–H groups in total. The Morgan fingerprint density at radius 3 is 2.57 bits per heavy atom. The fourth-order valence-electron chi connectivity index (χ4n) is 3.84. The van der Waals surface area contributed by atoms with Gasteiger partial charge in [-0.1, -0.05) is 19.6 Å². The summed E-state index contributed by atoms with van der Waals surface area (Å²) in [6.45, 7) is 10.4. The van der Waals surface area contributed by atoms with Gasteiger partial charge in [0.1, 0.15) is 17.8 Å². The molecular weight excluding hydrogens is 364 g/mol. The molecule has 1 heterocycles. The zero-order valence-corrected chi connectivity index (χ0v) is 17.2. The largest absolute Gasteiger partial charge is 0.458 e. The lowest BCUT2D eigenvalue weighted by atomic mass is 9.76. The first kappa shape index (κ1) is 22.3. The van der Waals surface area contributed by atoms with Gasteiger partial charge in [-0.2, -0.15) is 0 Å². The van der Waals surface area contributed by atoms with Crippen molar-refractivity contribution in [3.05, 3.63) is 23.8 Å². The molecular formula is C21H30O7. The van der Waals surface area contributed by atoms with Crippen LogP contribution in [0.4, 0.5) is 0 Å². The molecule has 156 valence electrons. The molecule has 1 saturated carbocycles. The third-order valence-corrected chi connectivity index (χ3v) is 5.86. The molecule has 0 aromatic carbocycles. The van der Waals surface area contributed by atoms with Gasteiger partial charge in [-0.3, -0.25) is 4.79 Å². The van der Waals surface area contributed by atoms with Gasteiger partial charge in [0, 0.05) is 31.1 Å². The monoisotopic (exact) mass is 394 g/mol. The summed E-state index contributed by atoms with van der Waals surface area (Å²) in [5.41, 5.74) is -1.17. The lowest BCUT2D eigenvalue weighted by molar-refractivity contribution is -0.159. The number of fused-ring (bicyclic) bond motifs is 1. The number of allylic oxidation sites excluding steroid dienone is 1. The second-order valence-electron chi connectivity index (χ2n) is 8.00. The molecule has 0 spiro atoms. The van der Waals surface area contributed by atoms with Gasteiger partial charge in [0.2, 0.25) is 0 Å². The minimum absolute atomic E-state index is 0.0193. The molecule has 0 radical (unpaired) electrons. The Kier molecular flexibility index (Phi) is 6.83. The fraction of sp³-hybridized carbons (Fsp3) is 0.667. The van der Waals surface area contributed by atoms with Crippen LogP contribution in [0.5, 0.6) is 0 Å². The lowest BCUT2D eigenvalue weighted by Crippen LogP contribution is -2.47. The van der Waals surface area contributed by atoms with E-state index < -0.39 is 47.6 Å². The van der Waals surface area contributed by atoms with Crippen LogP contribution in [0.15, 0.2) is 23.8 Å². The molecule has 0 aromatic heterocycles. The molecule has 0 aromatic rings. The highest BCUT2D eigenvalue weighted by Crippen LogP contribution is 2.40. The van der Waals surface area contributed by atoms with E-state index in [-0.39, 0.29) is 24.3 Å². The number of aliphatic hydroxyl groups is 1. The summed E-state index contributed by atoms with van der Waals surface area (Å²) in [7, 11) is 1.51. The van der Waals surface area contributed by atoms with Crippen molar-refractivity contribution in [3.8, 4) is 0 Å². The summed E-state index contributed by atoms with van der Waals surface area (Å²) in [6.07, 6.45) is -0.00461. The van der Waals surface area contributed by atoms with Crippen LogP contribution in [0.2, 0.25) is 0 Å². The van der Waals surface area contributed by atoms with E-state index in [1.54, 1.807) is 19.9 Å². The Balaban J connectivity index is 2.46. The summed E-state index contributed by atoms with van der Waals surface area (Å²) >= 11 is 0. The summed E-state index contributed by atoms with van der Waals surface area (Å²) in [4.78, 5) is 37.3. The standard InChI is InChI=1S/C21H30O7/c1-7-11(2)19(23)28-16-10-21(5,25)17(22)9-14(26-6)12(3)8-15-18(16)13(4)20(24)27-15/h7,12,14-16,18,25H,4,8-10H2,1-3,5-6H3/t12-,14-,15-,16+,18+,21-/m1/s1. The van der Waals surface area contributed by atoms with Crippen molar-refractivity contribution >= 4 is 17.7 Å². The van der Waals surface area contributed by atoms with E-state index in [1.165, 1.54) is 14.0 Å². The Morgan fingerprint density at radius 1 is 1.36 bits per heavy atom. The van der Waals surface area contributed by atoms with Crippen LogP contribution in [-0.4, -0.2) is 53.9 Å². The number of hydrogen-bond acceptors (Lipinski definition) is 7. The third kappa shape index (κ3) is 4.52. The molecule has 7 nitrogen and oxygen atoms in total. The maximum atomic E-state index is 12.7. The van der Waals surface area contributed by atoms with Crippen molar-refractivity contribution < 1.29 is 33.7 Å². The molecule has 2 rings (SSSR count). The van der Waals surface area contributed by atoms with E-state index in [2.05, 4.69) is 6.58 Å². The Hall–Kier alpha value is -1.99. The average Bonchev–Trinajstić information content (AvgIpc) is 2.90. The zero-order chi connectivity index (χ0) is 21.2. The molecule has 2 fully saturated rings. The van der Waals surface area contributed by atoms with Crippen molar-refractivity contribution in [2.75, 3.05) is 7.11 Å². The summed E-state index contributed by atoms with van der Waals surface area (Å²) in [5, 5.41) is 10.8. The first-order valence-electron chi connectivity index (χ1n) is 9.54. The van der Waals surface area contributed by atoms with E-state index in [0.29, 0.717) is 12.0 Å². The van der Waals surface area contributed by atoms with Gasteiger partial charge in [-0.15, -0.1) is 0 Å². The highest BCUT2D eigenvalue weighted by atomic mass is 16.6. The number of ether oxygens (including phenoxy) is 3. The molecule has 0 bridgehead atoms. The van der Waals surface area contributed by atoms with Gasteiger partial charge >= 0.3 is 11.9 Å². The van der Waals surface area contributed by atoms with Crippen LogP contribution in [0, 0.1) is 11.8 Å². The predicted molar refractivity (Wildman–Crippen MR) is 101 cm³/mol. The van der Waals surface area contributed by atoms with Gasteiger partial charge in [0.05, 0.1) is 12.0 Å². The number of rotatable bonds is 3. The van der Waals surface area contributed by atoms with Crippen LogP contribution in [-0.2, 0) is 28.6 Å². The van der Waals surface area contributed by atoms with Gasteiger partial charge < -0.3 is 19.3 Å². The SMILES string of the molecule is C=C1C(=O)O[C@@H]2C[C@@H](C)[C@H](OC)CC(=O)[C@](C)(O)C[C@H](OC(=O)C(C)=CC)[C@@H]12. The lowest BCUT2D eigenvalue weighted by Gasteiger charge is -2.36. The minimum atomic E-state index is -1.75. The quantitative estimate of drug-likeness (QED) is 0.578. The first-order valence-corrected chi connectivity index (χ1v) is 9.54. The second-order valence-corrected chi connectivity index (χ2v) is 8.00. The average molecular weight is 394 g/mol. The first-order chi connectivity index (χ1) is 13.0. The maximum absolute atomic E-state index is 12.7. The molecule has 0 unspecified atom stereocenters.